The summed E-state index contributed by atoms with van der Waals surface area (Å²) < 4.78 is 57.1. The van der Waals surface area contributed by atoms with Gasteiger partial charge < -0.3 is 34.3 Å². The van der Waals surface area contributed by atoms with Crippen molar-refractivity contribution in [2.45, 2.75) is 141 Å². The highest BCUT2D eigenvalue weighted by molar-refractivity contribution is 7.80. The maximum absolute atomic E-state index is 11.5. The molecule has 0 saturated carbocycles. The standard InChI is InChI=1S/C29H54O12S/c1-3-4-5-6-7-8-9-10-11-12-13-14-15-16-17-18-19-37-21-24(39-23(2)31)22-38-29-27(33)28(41-42(34,35)36)26(32)25(20-30)40-29/h10-11,24-30,32-33H,3-9,12-22H2,1-2H3,(H,34,35,36)/b11-10-. The Morgan fingerprint density at radius 1 is 0.881 bits per heavy atom. The highest BCUT2D eigenvalue weighted by Gasteiger charge is 2.47. The maximum Gasteiger partial charge on any atom is 0.397 e. The van der Waals surface area contributed by atoms with Crippen molar-refractivity contribution in [2.75, 3.05) is 26.4 Å². The number of esters is 1. The highest BCUT2D eigenvalue weighted by Crippen LogP contribution is 2.25. The average Bonchev–Trinajstić information content (AvgIpc) is 2.93. The van der Waals surface area contributed by atoms with Crippen molar-refractivity contribution < 1.29 is 56.2 Å². The van der Waals surface area contributed by atoms with Crippen molar-refractivity contribution in [3.8, 4) is 0 Å². The largest absolute Gasteiger partial charge is 0.458 e. The molecule has 0 amide bonds. The van der Waals surface area contributed by atoms with Gasteiger partial charge >= 0.3 is 16.4 Å². The molecule has 6 atom stereocenters. The number of aliphatic hydroxyl groups is 3. The SMILES string of the molecule is CCCCCCCC/C=C\CCCCCCCCOCC(COC1OC(CO)C(O)C(OS(=O)(=O)O)C1O)OC(C)=O. The second kappa shape index (κ2) is 23.3. The lowest BCUT2D eigenvalue weighted by Crippen LogP contribution is -2.60. The molecule has 0 radical (unpaired) electrons. The molecule has 0 aromatic rings. The summed E-state index contributed by atoms with van der Waals surface area (Å²) in [4.78, 5) is 11.5. The van der Waals surface area contributed by atoms with Gasteiger partial charge in [-0.25, -0.2) is 4.18 Å². The second-order valence-electron chi connectivity index (χ2n) is 10.8. The molecule has 1 rings (SSSR count). The van der Waals surface area contributed by atoms with Crippen molar-refractivity contribution in [3.63, 3.8) is 0 Å². The van der Waals surface area contributed by atoms with Crippen LogP contribution in [-0.4, -0.2) is 97.5 Å². The van der Waals surface area contributed by atoms with E-state index in [0.717, 1.165) is 25.7 Å². The zero-order valence-electron chi connectivity index (χ0n) is 25.3. The molecule has 248 valence electrons. The van der Waals surface area contributed by atoms with E-state index in [1.165, 1.54) is 71.1 Å². The van der Waals surface area contributed by atoms with Gasteiger partial charge in [0.15, 0.2) is 6.29 Å². The first-order valence-electron chi connectivity index (χ1n) is 15.4. The summed E-state index contributed by atoms with van der Waals surface area (Å²) >= 11 is 0. The molecule has 0 aliphatic carbocycles. The van der Waals surface area contributed by atoms with E-state index >= 15 is 0 Å². The van der Waals surface area contributed by atoms with E-state index in [-0.39, 0.29) is 13.2 Å². The van der Waals surface area contributed by atoms with Gasteiger partial charge in [0.05, 0.1) is 19.8 Å². The summed E-state index contributed by atoms with van der Waals surface area (Å²) in [5.41, 5.74) is 0. The number of hydrogen-bond acceptors (Lipinski definition) is 11. The Balaban J connectivity index is 2.23. The smallest absolute Gasteiger partial charge is 0.397 e. The first-order chi connectivity index (χ1) is 20.1. The summed E-state index contributed by atoms with van der Waals surface area (Å²) in [5.74, 6) is -0.578. The summed E-state index contributed by atoms with van der Waals surface area (Å²) in [6.45, 7) is 2.91. The van der Waals surface area contributed by atoms with Crippen LogP contribution < -0.4 is 0 Å². The first-order valence-corrected chi connectivity index (χ1v) is 16.7. The van der Waals surface area contributed by atoms with E-state index in [9.17, 15) is 28.5 Å². The van der Waals surface area contributed by atoms with Gasteiger partial charge in [0.1, 0.15) is 30.5 Å². The van der Waals surface area contributed by atoms with Crippen LogP contribution in [0.5, 0.6) is 0 Å². The van der Waals surface area contributed by atoms with Gasteiger partial charge in [-0.2, -0.15) is 8.42 Å². The summed E-state index contributed by atoms with van der Waals surface area (Å²) in [6.07, 6.45) is 12.3. The molecule has 42 heavy (non-hydrogen) atoms. The number of allylic oxidation sites excluding steroid dienone is 2. The van der Waals surface area contributed by atoms with Crippen LogP contribution in [-0.2, 0) is 38.3 Å². The van der Waals surface area contributed by atoms with Gasteiger partial charge in [-0.15, -0.1) is 0 Å². The molecule has 13 heteroatoms. The Bertz CT molecular complexity index is 821. The lowest BCUT2D eigenvalue weighted by Gasteiger charge is -2.41. The molecule has 6 unspecified atom stereocenters. The molecule has 1 saturated heterocycles. The normalized spacial score (nSPS) is 23.8. The molecule has 1 fully saturated rings. The van der Waals surface area contributed by atoms with Crippen molar-refractivity contribution in [3.05, 3.63) is 12.2 Å². The monoisotopic (exact) mass is 626 g/mol. The van der Waals surface area contributed by atoms with Crippen molar-refractivity contribution in [1.29, 1.82) is 0 Å². The third-order valence-electron chi connectivity index (χ3n) is 6.94. The molecule has 12 nitrogen and oxygen atoms in total. The molecule has 4 N–H and O–H groups in total. The van der Waals surface area contributed by atoms with E-state index in [1.807, 2.05) is 0 Å². The summed E-state index contributed by atoms with van der Waals surface area (Å²) in [6, 6.07) is 0. The van der Waals surface area contributed by atoms with Crippen LogP contribution in [0.2, 0.25) is 0 Å². The number of carbonyl (C=O) groups is 1. The van der Waals surface area contributed by atoms with Gasteiger partial charge in [0.2, 0.25) is 0 Å². The third-order valence-corrected chi connectivity index (χ3v) is 7.40. The predicted octanol–water partition coefficient (Wildman–Crippen LogP) is 3.62. The van der Waals surface area contributed by atoms with Crippen LogP contribution in [0.3, 0.4) is 0 Å². The zero-order valence-corrected chi connectivity index (χ0v) is 26.1. The van der Waals surface area contributed by atoms with E-state index in [2.05, 4.69) is 23.3 Å². The van der Waals surface area contributed by atoms with Crippen molar-refractivity contribution in [1.82, 2.24) is 0 Å². The fraction of sp³-hybridized carbons (Fsp3) is 0.897. The van der Waals surface area contributed by atoms with Crippen LogP contribution in [0.4, 0.5) is 0 Å². The molecule has 0 aromatic carbocycles. The molecule has 1 aliphatic rings. The molecule has 0 bridgehead atoms. The Hall–Kier alpha value is -1.16. The number of rotatable bonds is 25. The van der Waals surface area contributed by atoms with Crippen molar-refractivity contribution in [2.24, 2.45) is 0 Å². The molecule has 1 heterocycles. The van der Waals surface area contributed by atoms with Crippen LogP contribution in [0, 0.1) is 0 Å². The second-order valence-corrected chi connectivity index (χ2v) is 11.8. The number of ether oxygens (including phenoxy) is 4. The van der Waals surface area contributed by atoms with Gasteiger partial charge in [-0.1, -0.05) is 76.9 Å². The van der Waals surface area contributed by atoms with E-state index < -0.39 is 59.8 Å². The zero-order chi connectivity index (χ0) is 31.2. The predicted molar refractivity (Wildman–Crippen MR) is 156 cm³/mol. The van der Waals surface area contributed by atoms with E-state index in [0.29, 0.717) is 6.61 Å². The van der Waals surface area contributed by atoms with Crippen LogP contribution in [0.1, 0.15) is 104 Å². The number of unbranched alkanes of at least 4 members (excludes halogenated alkanes) is 12. The van der Waals surface area contributed by atoms with Crippen LogP contribution >= 0.6 is 0 Å². The average molecular weight is 627 g/mol. The number of aliphatic hydroxyl groups excluding tert-OH is 3. The van der Waals surface area contributed by atoms with E-state index in [4.69, 9.17) is 23.5 Å². The minimum absolute atomic E-state index is 0.0183. The maximum atomic E-state index is 11.5. The topological polar surface area (TPSA) is 178 Å². The summed E-state index contributed by atoms with van der Waals surface area (Å²) in [7, 11) is -5.03. The minimum Gasteiger partial charge on any atom is -0.458 e. The fourth-order valence-electron chi connectivity index (χ4n) is 4.66. The lowest BCUT2D eigenvalue weighted by molar-refractivity contribution is -0.301. The van der Waals surface area contributed by atoms with Crippen LogP contribution in [0.25, 0.3) is 0 Å². The first kappa shape index (κ1) is 38.9. The Morgan fingerprint density at radius 3 is 2.00 bits per heavy atom. The fourth-order valence-corrected chi connectivity index (χ4v) is 5.17. The van der Waals surface area contributed by atoms with Crippen molar-refractivity contribution >= 4 is 16.4 Å². The Morgan fingerprint density at radius 2 is 1.45 bits per heavy atom. The van der Waals surface area contributed by atoms with E-state index in [1.54, 1.807) is 0 Å². The molecule has 1 aliphatic heterocycles. The van der Waals surface area contributed by atoms with Gasteiger partial charge in [0, 0.05) is 13.5 Å². The van der Waals surface area contributed by atoms with Gasteiger partial charge in [-0.3, -0.25) is 9.35 Å². The summed E-state index contributed by atoms with van der Waals surface area (Å²) in [5, 5.41) is 29.9. The molecule has 0 spiro atoms. The quantitative estimate of drug-likeness (QED) is 0.0501. The van der Waals surface area contributed by atoms with Crippen LogP contribution in [0.15, 0.2) is 12.2 Å². The number of hydrogen-bond donors (Lipinski definition) is 4. The van der Waals surface area contributed by atoms with Gasteiger partial charge in [-0.05, 0) is 32.1 Å². The Labute approximate surface area is 251 Å². The molecule has 0 aromatic heterocycles. The minimum atomic E-state index is -5.03. The lowest BCUT2D eigenvalue weighted by atomic mass is 9.99. The highest BCUT2D eigenvalue weighted by atomic mass is 32.3. The molecular weight excluding hydrogens is 572 g/mol. The molecular formula is C29H54O12S. The Kier molecular flexibility index (Phi) is 21.5. The number of carbonyl (C=O) groups excluding carboxylic acids is 1. The third kappa shape index (κ3) is 18.5. The van der Waals surface area contributed by atoms with Gasteiger partial charge in [0.25, 0.3) is 0 Å².